The van der Waals surface area contributed by atoms with E-state index in [4.69, 9.17) is 29.5 Å². The average molecular weight is 477 g/mol. The van der Waals surface area contributed by atoms with Crippen LogP contribution in [0.4, 0.5) is 0 Å². The maximum absolute atomic E-state index is 10.9. The van der Waals surface area contributed by atoms with Crippen LogP contribution in [0, 0.1) is 13.8 Å². The smallest absolute Gasteiger partial charge is 0.113 e. The number of rotatable bonds is 10. The summed E-state index contributed by atoms with van der Waals surface area (Å²) in [5.41, 5.74) is 3.31. The van der Waals surface area contributed by atoms with Crippen molar-refractivity contribution in [3.05, 3.63) is 82.4 Å². The lowest BCUT2D eigenvalue weighted by Gasteiger charge is -2.30. The van der Waals surface area contributed by atoms with Gasteiger partial charge in [-0.25, -0.2) is 0 Å². The topological polar surface area (TPSA) is 121 Å². The molecular weight excluding hydrogens is 448 g/mol. The first-order chi connectivity index (χ1) is 15.1. The average Bonchev–Trinajstić information content (AvgIpc) is 2.79. The third-order valence-corrected chi connectivity index (χ3v) is 5.88. The number of benzene rings is 2. The minimum atomic E-state index is -1.96. The van der Waals surface area contributed by atoms with E-state index < -0.39 is 37.1 Å². The van der Waals surface area contributed by atoms with Crippen LogP contribution in [-0.4, -0.2) is 77.5 Å². The number of aliphatic hydroxyl groups is 6. The highest BCUT2D eigenvalue weighted by Crippen LogP contribution is 2.22. The number of hydrogen-bond acceptors (Lipinski definition) is 8. The van der Waals surface area contributed by atoms with Gasteiger partial charge in [0.05, 0.1) is 11.5 Å². The molecule has 2 rings (SSSR count). The van der Waals surface area contributed by atoms with Crippen LogP contribution in [0.3, 0.4) is 0 Å². The van der Waals surface area contributed by atoms with Crippen LogP contribution < -0.4 is 0 Å². The van der Waals surface area contributed by atoms with Gasteiger partial charge in [-0.3, -0.25) is 0 Å². The highest BCUT2D eigenvalue weighted by Gasteiger charge is 2.36. The second-order valence-corrected chi connectivity index (χ2v) is 8.55. The van der Waals surface area contributed by atoms with Gasteiger partial charge >= 0.3 is 0 Å². The van der Waals surface area contributed by atoms with Crippen LogP contribution in [-0.2, 0) is 0 Å². The summed E-state index contributed by atoms with van der Waals surface area (Å²) in [5.74, 6) is 0. The Labute approximate surface area is 198 Å². The highest BCUT2D eigenvalue weighted by molar-refractivity contribution is 7.81. The molecule has 1 unspecified atom stereocenters. The summed E-state index contributed by atoms with van der Waals surface area (Å²) >= 11 is 11.1. The van der Waals surface area contributed by atoms with Crippen molar-refractivity contribution in [1.82, 2.24) is 0 Å². The Morgan fingerprint density at radius 2 is 1.34 bits per heavy atom. The number of allylic oxidation sites excluding steroid dienone is 1. The van der Waals surface area contributed by atoms with Gasteiger partial charge in [-0.15, -0.1) is 0 Å². The Kier molecular flexibility index (Phi) is 9.75. The van der Waals surface area contributed by atoms with Gasteiger partial charge in [0.15, 0.2) is 0 Å². The number of hydrogen-bond donors (Lipinski definition) is 6. The second kappa shape index (κ2) is 11.8. The van der Waals surface area contributed by atoms with E-state index >= 15 is 0 Å². The summed E-state index contributed by atoms with van der Waals surface area (Å²) in [7, 11) is 0. The number of thiocarbonyl (C=S) groups is 2. The molecule has 2 aromatic carbocycles. The molecule has 0 fully saturated rings. The van der Waals surface area contributed by atoms with Crippen LogP contribution in [0.15, 0.2) is 60.2 Å². The molecule has 6 nitrogen and oxygen atoms in total. The zero-order chi connectivity index (χ0) is 24.0. The maximum Gasteiger partial charge on any atom is 0.113 e. The van der Waals surface area contributed by atoms with Crippen LogP contribution >= 0.6 is 24.4 Å². The van der Waals surface area contributed by atoms with Crippen LogP contribution in [0.25, 0.3) is 0 Å². The molecule has 8 heteroatoms. The van der Waals surface area contributed by atoms with Gasteiger partial charge in [-0.1, -0.05) is 84.1 Å². The Hall–Kier alpha value is -1.88. The molecule has 0 saturated heterocycles. The predicted octanol–water partition coefficient (Wildman–Crippen LogP) is 1.16. The van der Waals surface area contributed by atoms with Gasteiger partial charge in [0.2, 0.25) is 0 Å². The van der Waals surface area contributed by atoms with Crippen molar-refractivity contribution in [2.75, 3.05) is 6.61 Å². The molecule has 2 aromatic rings. The molecule has 0 aromatic heterocycles. The summed E-state index contributed by atoms with van der Waals surface area (Å²) in [4.78, 5) is 0.565. The molecule has 0 saturated carbocycles. The first kappa shape index (κ1) is 26.4. The third-order valence-electron chi connectivity index (χ3n) is 5.05. The Bertz CT molecular complexity index is 990. The van der Waals surface area contributed by atoms with Crippen molar-refractivity contribution in [2.45, 2.75) is 44.4 Å². The Balaban J connectivity index is 2.47. The molecule has 0 aliphatic heterocycles. The van der Waals surface area contributed by atoms with Gasteiger partial charge in [-0.05, 0) is 31.1 Å². The fraction of sp³-hybridized carbons (Fsp3) is 0.333. The van der Waals surface area contributed by atoms with Crippen molar-refractivity contribution in [2.24, 2.45) is 0 Å². The lowest BCUT2D eigenvalue weighted by Crippen LogP contribution is -2.51. The Morgan fingerprint density at radius 1 is 0.812 bits per heavy atom. The fourth-order valence-corrected chi connectivity index (χ4v) is 3.73. The molecule has 172 valence electrons. The Morgan fingerprint density at radius 3 is 1.88 bits per heavy atom. The van der Waals surface area contributed by atoms with Gasteiger partial charge < -0.3 is 30.6 Å². The molecule has 0 amide bonds. The molecule has 6 N–H and O–H groups in total. The minimum absolute atomic E-state index is 0.0781. The lowest BCUT2D eigenvalue weighted by molar-refractivity contribution is -0.133. The first-order valence-electron chi connectivity index (χ1n) is 10.0. The van der Waals surface area contributed by atoms with Crippen LogP contribution in [0.5, 0.6) is 0 Å². The third kappa shape index (κ3) is 6.57. The molecule has 32 heavy (non-hydrogen) atoms. The summed E-state index contributed by atoms with van der Waals surface area (Å²) in [6, 6.07) is 14.7. The molecule has 5 atom stereocenters. The van der Waals surface area contributed by atoms with E-state index in [1.54, 1.807) is 18.2 Å². The molecule has 0 radical (unpaired) electrons. The molecule has 0 heterocycles. The zero-order valence-electron chi connectivity index (χ0n) is 17.8. The van der Waals surface area contributed by atoms with E-state index in [9.17, 15) is 25.5 Å². The van der Waals surface area contributed by atoms with Crippen LogP contribution in [0.1, 0.15) is 22.3 Å². The van der Waals surface area contributed by atoms with E-state index in [1.807, 2.05) is 44.2 Å². The van der Waals surface area contributed by atoms with Gasteiger partial charge in [0.1, 0.15) is 30.5 Å². The van der Waals surface area contributed by atoms with Gasteiger partial charge in [0, 0.05) is 10.4 Å². The molecule has 0 aliphatic rings. The SMILES string of the molecule is Cc1cccc(C(=S)/C=C(/C(=S)c2cccc(C)c2)C(O)[C@@H](O)[C@@H](O)[C@H](O)[C@@H](O)CO)c1. The zero-order valence-corrected chi connectivity index (χ0v) is 19.4. The normalized spacial score (nSPS) is 16.7. The van der Waals surface area contributed by atoms with Gasteiger partial charge in [0.25, 0.3) is 0 Å². The van der Waals surface area contributed by atoms with E-state index in [2.05, 4.69) is 0 Å². The standard InChI is InChI=1S/C24H28O6S2/c1-13-5-3-7-15(9-13)19(31)11-17(24(32)16-8-4-6-14(2)10-16)20(27)22(29)23(30)21(28)18(26)12-25/h3-11,18,20-23,25-30H,12H2,1-2H3/b17-11+/t18-,20?,21+,22+,23-/m0/s1. The van der Waals surface area contributed by atoms with Gasteiger partial charge in [-0.2, -0.15) is 0 Å². The van der Waals surface area contributed by atoms with Crippen molar-refractivity contribution in [1.29, 1.82) is 0 Å². The van der Waals surface area contributed by atoms with E-state index in [1.165, 1.54) is 6.08 Å². The van der Waals surface area contributed by atoms with Crippen molar-refractivity contribution < 1.29 is 30.6 Å². The van der Waals surface area contributed by atoms with Crippen molar-refractivity contribution in [3.8, 4) is 0 Å². The number of aryl methyl sites for hydroxylation is 2. The fourth-order valence-electron chi connectivity index (χ4n) is 3.17. The van der Waals surface area contributed by atoms with E-state index in [0.717, 1.165) is 11.1 Å². The van der Waals surface area contributed by atoms with Crippen molar-refractivity contribution in [3.63, 3.8) is 0 Å². The molecule has 0 aliphatic carbocycles. The summed E-state index contributed by atoms with van der Waals surface area (Å²) < 4.78 is 0. The number of aliphatic hydroxyl groups excluding tert-OH is 6. The maximum atomic E-state index is 10.9. The van der Waals surface area contributed by atoms with Crippen LogP contribution in [0.2, 0.25) is 0 Å². The first-order valence-corrected chi connectivity index (χ1v) is 10.8. The van der Waals surface area contributed by atoms with E-state index in [0.29, 0.717) is 16.0 Å². The second-order valence-electron chi connectivity index (χ2n) is 7.70. The summed E-state index contributed by atoms with van der Waals surface area (Å²) in [6.07, 6.45) is -7.73. The largest absolute Gasteiger partial charge is 0.394 e. The summed E-state index contributed by atoms with van der Waals surface area (Å²) in [6.45, 7) is 2.97. The van der Waals surface area contributed by atoms with Crippen molar-refractivity contribution >= 4 is 34.2 Å². The minimum Gasteiger partial charge on any atom is -0.394 e. The van der Waals surface area contributed by atoms with E-state index in [-0.39, 0.29) is 10.4 Å². The molecular formula is C24H28O6S2. The monoisotopic (exact) mass is 476 g/mol. The quantitative estimate of drug-likeness (QED) is 0.172. The highest BCUT2D eigenvalue weighted by atomic mass is 32.1. The molecule has 0 spiro atoms. The summed E-state index contributed by atoms with van der Waals surface area (Å²) in [5, 5.41) is 60.3. The lowest BCUT2D eigenvalue weighted by atomic mass is 9.90. The molecule has 0 bridgehead atoms. The predicted molar refractivity (Wildman–Crippen MR) is 131 cm³/mol.